The SMILES string of the molecule is CC(C)(C)C(C)(C)CNc1ncc(C#N)c(N)n1. The molecule has 0 radical (unpaired) electrons. The van der Waals surface area contributed by atoms with Gasteiger partial charge in [0.15, 0.2) is 0 Å². The lowest BCUT2D eigenvalue weighted by Crippen LogP contribution is -2.36. The van der Waals surface area contributed by atoms with Gasteiger partial charge in [0.05, 0.1) is 6.20 Å². The molecule has 1 heterocycles. The number of nitrogens with zero attached hydrogens (tertiary/aromatic N) is 3. The summed E-state index contributed by atoms with van der Waals surface area (Å²) in [7, 11) is 0. The van der Waals surface area contributed by atoms with Crippen molar-refractivity contribution in [2.45, 2.75) is 34.6 Å². The van der Waals surface area contributed by atoms with Crippen LogP contribution < -0.4 is 11.1 Å². The van der Waals surface area contributed by atoms with E-state index in [2.05, 4.69) is 49.9 Å². The Hall–Kier alpha value is -1.83. The molecule has 5 heteroatoms. The average Bonchev–Trinajstić information content (AvgIpc) is 2.25. The van der Waals surface area contributed by atoms with Crippen LogP contribution in [0.5, 0.6) is 0 Å². The van der Waals surface area contributed by atoms with Crippen molar-refractivity contribution in [3.8, 4) is 6.07 Å². The van der Waals surface area contributed by atoms with E-state index in [4.69, 9.17) is 11.0 Å². The molecule has 0 spiro atoms. The third kappa shape index (κ3) is 3.10. The van der Waals surface area contributed by atoms with Gasteiger partial charge in [-0.1, -0.05) is 34.6 Å². The van der Waals surface area contributed by atoms with Gasteiger partial charge < -0.3 is 11.1 Å². The van der Waals surface area contributed by atoms with E-state index in [1.807, 2.05) is 6.07 Å². The lowest BCUT2D eigenvalue weighted by atomic mass is 9.69. The Balaban J connectivity index is 2.77. The van der Waals surface area contributed by atoms with Crippen molar-refractivity contribution in [3.05, 3.63) is 11.8 Å². The molecule has 0 saturated carbocycles. The molecular weight excluding hydrogens is 226 g/mol. The second-order valence-corrected chi connectivity index (χ2v) is 6.09. The molecule has 1 rings (SSSR count). The molecule has 98 valence electrons. The van der Waals surface area contributed by atoms with E-state index in [0.717, 1.165) is 6.54 Å². The number of nitrogens with one attached hydrogen (secondary N) is 1. The molecule has 1 aromatic rings. The third-order valence-corrected chi connectivity index (χ3v) is 3.66. The summed E-state index contributed by atoms with van der Waals surface area (Å²) in [4.78, 5) is 8.13. The molecule has 0 fully saturated rings. The van der Waals surface area contributed by atoms with E-state index in [0.29, 0.717) is 11.5 Å². The molecule has 1 aromatic heterocycles. The van der Waals surface area contributed by atoms with Crippen LogP contribution >= 0.6 is 0 Å². The number of nitrogens with two attached hydrogens (primary N) is 1. The Kier molecular flexibility index (Phi) is 3.80. The maximum absolute atomic E-state index is 8.74. The highest BCUT2D eigenvalue weighted by atomic mass is 15.1. The Morgan fingerprint density at radius 1 is 1.33 bits per heavy atom. The van der Waals surface area contributed by atoms with Gasteiger partial charge in [-0.2, -0.15) is 10.2 Å². The highest BCUT2D eigenvalue weighted by molar-refractivity contribution is 5.49. The van der Waals surface area contributed by atoms with Crippen LogP contribution in [-0.4, -0.2) is 16.5 Å². The molecule has 0 aromatic carbocycles. The van der Waals surface area contributed by atoms with E-state index >= 15 is 0 Å². The van der Waals surface area contributed by atoms with E-state index in [-0.39, 0.29) is 16.6 Å². The van der Waals surface area contributed by atoms with Gasteiger partial charge in [-0.25, -0.2) is 4.98 Å². The van der Waals surface area contributed by atoms with Gasteiger partial charge in [0.25, 0.3) is 0 Å². The van der Waals surface area contributed by atoms with Gasteiger partial charge in [0, 0.05) is 6.54 Å². The zero-order valence-corrected chi connectivity index (χ0v) is 11.7. The van der Waals surface area contributed by atoms with Crippen molar-refractivity contribution in [2.24, 2.45) is 10.8 Å². The first kappa shape index (κ1) is 14.2. The number of rotatable bonds is 3. The standard InChI is InChI=1S/C13H21N5/c1-12(2,3)13(4,5)8-17-11-16-7-9(6-14)10(15)18-11/h7H,8H2,1-5H3,(H3,15,16,17,18). The first-order valence-corrected chi connectivity index (χ1v) is 5.94. The molecule has 3 N–H and O–H groups in total. The molecule has 0 amide bonds. The Labute approximate surface area is 108 Å². The average molecular weight is 247 g/mol. The number of hydrogen-bond acceptors (Lipinski definition) is 5. The van der Waals surface area contributed by atoms with Gasteiger partial charge in [0.2, 0.25) is 5.95 Å². The highest BCUT2D eigenvalue weighted by Gasteiger charge is 2.32. The van der Waals surface area contributed by atoms with Crippen LogP contribution in [0.25, 0.3) is 0 Å². The minimum Gasteiger partial charge on any atom is -0.382 e. The predicted octanol–water partition coefficient (Wildman–Crippen LogP) is 2.41. The van der Waals surface area contributed by atoms with Gasteiger partial charge in [-0.15, -0.1) is 0 Å². The van der Waals surface area contributed by atoms with Gasteiger partial charge in [0.1, 0.15) is 17.5 Å². The number of aromatic nitrogens is 2. The quantitative estimate of drug-likeness (QED) is 0.856. The molecule has 0 unspecified atom stereocenters. The van der Waals surface area contributed by atoms with Crippen molar-refractivity contribution in [1.29, 1.82) is 5.26 Å². The smallest absolute Gasteiger partial charge is 0.224 e. The number of anilines is 2. The highest BCUT2D eigenvalue weighted by Crippen LogP contribution is 2.37. The van der Waals surface area contributed by atoms with Crippen LogP contribution in [-0.2, 0) is 0 Å². The van der Waals surface area contributed by atoms with Crippen molar-refractivity contribution in [1.82, 2.24) is 9.97 Å². The summed E-state index contributed by atoms with van der Waals surface area (Å²) in [5.41, 5.74) is 6.19. The number of hydrogen-bond donors (Lipinski definition) is 2. The number of nitriles is 1. The summed E-state index contributed by atoms with van der Waals surface area (Å²) in [6.07, 6.45) is 1.44. The summed E-state index contributed by atoms with van der Waals surface area (Å²) < 4.78 is 0. The molecule has 5 nitrogen and oxygen atoms in total. The monoisotopic (exact) mass is 247 g/mol. The molecule has 0 saturated heterocycles. The van der Waals surface area contributed by atoms with Crippen LogP contribution in [0.3, 0.4) is 0 Å². The summed E-state index contributed by atoms with van der Waals surface area (Å²) >= 11 is 0. The molecule has 0 bridgehead atoms. The summed E-state index contributed by atoms with van der Waals surface area (Å²) in [6, 6.07) is 1.94. The molecule has 0 atom stereocenters. The van der Waals surface area contributed by atoms with E-state index in [1.165, 1.54) is 6.20 Å². The Morgan fingerprint density at radius 3 is 2.39 bits per heavy atom. The third-order valence-electron chi connectivity index (χ3n) is 3.66. The first-order valence-electron chi connectivity index (χ1n) is 5.94. The van der Waals surface area contributed by atoms with Crippen LogP contribution in [0.15, 0.2) is 6.20 Å². The molecule has 18 heavy (non-hydrogen) atoms. The normalized spacial score (nSPS) is 12.0. The van der Waals surface area contributed by atoms with Crippen LogP contribution in [0.1, 0.15) is 40.2 Å². The molecule has 0 aliphatic heterocycles. The minimum atomic E-state index is 0.0824. The largest absolute Gasteiger partial charge is 0.382 e. The van der Waals surface area contributed by atoms with E-state index in [1.54, 1.807) is 0 Å². The van der Waals surface area contributed by atoms with Gasteiger partial charge >= 0.3 is 0 Å². The predicted molar refractivity (Wildman–Crippen MR) is 72.9 cm³/mol. The fourth-order valence-corrected chi connectivity index (χ4v) is 1.13. The molecule has 0 aliphatic rings. The van der Waals surface area contributed by atoms with Crippen LogP contribution in [0.2, 0.25) is 0 Å². The zero-order valence-electron chi connectivity index (χ0n) is 11.7. The molecular formula is C13H21N5. The zero-order chi connectivity index (χ0) is 14.0. The molecule has 0 aliphatic carbocycles. The van der Waals surface area contributed by atoms with Crippen molar-refractivity contribution in [3.63, 3.8) is 0 Å². The lowest BCUT2D eigenvalue weighted by Gasteiger charge is -2.38. The lowest BCUT2D eigenvalue weighted by molar-refractivity contribution is 0.148. The van der Waals surface area contributed by atoms with E-state index in [9.17, 15) is 0 Å². The van der Waals surface area contributed by atoms with Crippen molar-refractivity contribution in [2.75, 3.05) is 17.6 Å². The summed E-state index contributed by atoms with van der Waals surface area (Å²) in [5, 5.41) is 11.9. The van der Waals surface area contributed by atoms with Gasteiger partial charge in [-0.05, 0) is 10.8 Å². The summed E-state index contributed by atoms with van der Waals surface area (Å²) in [5.74, 6) is 0.674. The minimum absolute atomic E-state index is 0.0824. The van der Waals surface area contributed by atoms with Crippen molar-refractivity contribution >= 4 is 11.8 Å². The second-order valence-electron chi connectivity index (χ2n) is 6.09. The second kappa shape index (κ2) is 4.81. The maximum atomic E-state index is 8.74. The van der Waals surface area contributed by atoms with Gasteiger partial charge in [-0.3, -0.25) is 0 Å². The van der Waals surface area contributed by atoms with Crippen LogP contribution in [0.4, 0.5) is 11.8 Å². The van der Waals surface area contributed by atoms with Crippen molar-refractivity contribution < 1.29 is 0 Å². The van der Waals surface area contributed by atoms with Crippen LogP contribution in [0, 0.1) is 22.2 Å². The fraction of sp³-hybridized carbons (Fsp3) is 0.615. The first-order chi connectivity index (χ1) is 8.17. The Morgan fingerprint density at radius 2 is 1.94 bits per heavy atom. The maximum Gasteiger partial charge on any atom is 0.224 e. The summed E-state index contributed by atoms with van der Waals surface area (Å²) in [6.45, 7) is 11.7. The van der Waals surface area contributed by atoms with E-state index < -0.39 is 0 Å². The Bertz CT molecular complexity index is 465. The fourth-order valence-electron chi connectivity index (χ4n) is 1.13. The number of nitrogen functional groups attached to an aromatic ring is 1. The topological polar surface area (TPSA) is 87.6 Å².